The molecule has 96 valence electrons. The summed E-state index contributed by atoms with van der Waals surface area (Å²) < 4.78 is 1.03. The lowest BCUT2D eigenvalue weighted by molar-refractivity contribution is -0.119. The summed E-state index contributed by atoms with van der Waals surface area (Å²) in [7, 11) is 0. The Labute approximate surface area is 124 Å². The molecule has 0 N–H and O–H groups in total. The SMILES string of the molecule is N#C[C@H](C(=O)CCc1cc(Br)cs1)c1ccccn1. The number of aryl methyl sites for hydroxylation is 1. The van der Waals surface area contributed by atoms with E-state index in [0.29, 0.717) is 18.5 Å². The highest BCUT2D eigenvalue weighted by Gasteiger charge is 2.20. The van der Waals surface area contributed by atoms with Gasteiger partial charge in [0.05, 0.1) is 11.8 Å². The number of halogens is 1. The first-order chi connectivity index (χ1) is 9.20. The maximum absolute atomic E-state index is 12.1. The molecule has 2 aromatic rings. The van der Waals surface area contributed by atoms with E-state index < -0.39 is 5.92 Å². The number of nitrogens with zero attached hydrogens (tertiary/aromatic N) is 2. The van der Waals surface area contributed by atoms with Gasteiger partial charge in [-0.2, -0.15) is 5.26 Å². The molecule has 1 atom stereocenters. The lowest BCUT2D eigenvalue weighted by Crippen LogP contribution is -2.12. The molecule has 2 aromatic heterocycles. The van der Waals surface area contributed by atoms with E-state index in [-0.39, 0.29) is 5.78 Å². The van der Waals surface area contributed by atoms with Gasteiger partial charge in [-0.1, -0.05) is 6.07 Å². The normalized spacial score (nSPS) is 11.8. The first kappa shape index (κ1) is 13.9. The van der Waals surface area contributed by atoms with Gasteiger partial charge in [-0.25, -0.2) is 0 Å². The molecule has 0 radical (unpaired) electrons. The first-order valence-corrected chi connectivity index (χ1v) is 7.44. The molecule has 0 bridgehead atoms. The molecule has 19 heavy (non-hydrogen) atoms. The Balaban J connectivity index is 2.00. The van der Waals surface area contributed by atoms with Crippen LogP contribution in [0.15, 0.2) is 40.3 Å². The molecule has 0 aromatic carbocycles. The molecule has 2 rings (SSSR count). The van der Waals surface area contributed by atoms with Crippen molar-refractivity contribution in [3.05, 3.63) is 50.9 Å². The van der Waals surface area contributed by atoms with Crippen LogP contribution in [0.4, 0.5) is 0 Å². The van der Waals surface area contributed by atoms with Crippen LogP contribution in [0.5, 0.6) is 0 Å². The minimum atomic E-state index is -0.760. The predicted molar refractivity (Wildman–Crippen MR) is 77.9 cm³/mol. The molecule has 3 nitrogen and oxygen atoms in total. The number of hydrogen-bond acceptors (Lipinski definition) is 4. The highest BCUT2D eigenvalue weighted by molar-refractivity contribution is 9.10. The number of carbonyl (C=O) groups is 1. The van der Waals surface area contributed by atoms with Crippen LogP contribution in [0.1, 0.15) is 22.9 Å². The molecule has 0 saturated carbocycles. The average molecular weight is 335 g/mol. The number of aromatic nitrogens is 1. The van der Waals surface area contributed by atoms with E-state index in [2.05, 4.69) is 20.9 Å². The van der Waals surface area contributed by atoms with Gasteiger partial charge in [-0.3, -0.25) is 9.78 Å². The van der Waals surface area contributed by atoms with Gasteiger partial charge in [0.15, 0.2) is 5.78 Å². The Bertz CT molecular complexity index is 603. The van der Waals surface area contributed by atoms with Gasteiger partial charge < -0.3 is 0 Å². The molecular formula is C14H11BrN2OS. The fourth-order valence-electron chi connectivity index (χ4n) is 1.73. The van der Waals surface area contributed by atoms with Crippen LogP contribution < -0.4 is 0 Å². The second kappa shape index (κ2) is 6.60. The number of thiophene rings is 1. The summed E-state index contributed by atoms with van der Waals surface area (Å²) in [5.74, 6) is -0.838. The fraction of sp³-hybridized carbons (Fsp3) is 0.214. The van der Waals surface area contributed by atoms with Gasteiger partial charge in [0.2, 0.25) is 0 Å². The standard InChI is InChI=1S/C14H11BrN2OS/c15-10-7-11(19-9-10)4-5-14(18)12(8-16)13-3-1-2-6-17-13/h1-3,6-7,9,12H,4-5H2/t12-/m0/s1. The quantitative estimate of drug-likeness (QED) is 0.837. The second-order valence-corrected chi connectivity index (χ2v) is 5.93. The van der Waals surface area contributed by atoms with E-state index in [9.17, 15) is 4.79 Å². The van der Waals surface area contributed by atoms with E-state index in [1.54, 1.807) is 35.7 Å². The maximum atomic E-state index is 12.1. The maximum Gasteiger partial charge on any atom is 0.156 e. The first-order valence-electron chi connectivity index (χ1n) is 5.77. The lowest BCUT2D eigenvalue weighted by atomic mass is 9.97. The monoisotopic (exact) mass is 334 g/mol. The van der Waals surface area contributed by atoms with Crippen LogP contribution in [0.2, 0.25) is 0 Å². The molecule has 0 aliphatic rings. The Kier molecular flexibility index (Phi) is 4.83. The van der Waals surface area contributed by atoms with Crippen LogP contribution in [0, 0.1) is 11.3 Å². The third kappa shape index (κ3) is 3.72. The van der Waals surface area contributed by atoms with E-state index in [1.165, 1.54) is 0 Å². The van der Waals surface area contributed by atoms with Gasteiger partial charge in [0.25, 0.3) is 0 Å². The van der Waals surface area contributed by atoms with Crippen molar-refractivity contribution < 1.29 is 4.79 Å². The highest BCUT2D eigenvalue weighted by atomic mass is 79.9. The molecule has 0 aliphatic carbocycles. The zero-order valence-electron chi connectivity index (χ0n) is 10.0. The number of Topliss-reactive ketones (excluding diaryl/α,β-unsaturated/α-hetero) is 1. The zero-order valence-corrected chi connectivity index (χ0v) is 12.4. The number of ketones is 1. The van der Waals surface area contributed by atoms with E-state index >= 15 is 0 Å². The third-order valence-electron chi connectivity index (χ3n) is 2.67. The molecule has 2 heterocycles. The number of carbonyl (C=O) groups excluding carboxylic acids is 1. The van der Waals surface area contributed by atoms with Gasteiger partial charge in [0.1, 0.15) is 5.92 Å². The van der Waals surface area contributed by atoms with Gasteiger partial charge in [0, 0.05) is 27.3 Å². The summed E-state index contributed by atoms with van der Waals surface area (Å²) in [6.45, 7) is 0. The third-order valence-corrected chi connectivity index (χ3v) is 4.43. The molecular weight excluding hydrogens is 324 g/mol. The molecule has 0 unspecified atom stereocenters. The van der Waals surface area contributed by atoms with Crippen LogP contribution in [0.25, 0.3) is 0 Å². The van der Waals surface area contributed by atoms with Crippen molar-refractivity contribution in [2.45, 2.75) is 18.8 Å². The number of pyridine rings is 1. The summed E-state index contributed by atoms with van der Waals surface area (Å²) in [4.78, 5) is 17.3. The van der Waals surface area contributed by atoms with Crippen molar-refractivity contribution in [3.8, 4) is 6.07 Å². The molecule has 0 fully saturated rings. The minimum Gasteiger partial charge on any atom is -0.298 e. The fourth-order valence-corrected chi connectivity index (χ4v) is 3.18. The van der Waals surface area contributed by atoms with E-state index in [4.69, 9.17) is 5.26 Å². The van der Waals surface area contributed by atoms with Crippen molar-refractivity contribution in [3.63, 3.8) is 0 Å². The number of nitriles is 1. The largest absolute Gasteiger partial charge is 0.298 e. The summed E-state index contributed by atoms with van der Waals surface area (Å²) in [5, 5.41) is 11.1. The Hall–Kier alpha value is -1.51. The molecule has 0 spiro atoms. The summed E-state index contributed by atoms with van der Waals surface area (Å²) in [6, 6.07) is 9.32. The molecule has 0 amide bonds. The number of rotatable bonds is 5. The van der Waals surface area contributed by atoms with Crippen LogP contribution >= 0.6 is 27.3 Å². The molecule has 0 aliphatic heterocycles. The van der Waals surface area contributed by atoms with Gasteiger partial charge in [-0.15, -0.1) is 11.3 Å². The summed E-state index contributed by atoms with van der Waals surface area (Å²) in [5.41, 5.74) is 0.530. The summed E-state index contributed by atoms with van der Waals surface area (Å²) in [6.07, 6.45) is 2.63. The highest BCUT2D eigenvalue weighted by Crippen LogP contribution is 2.22. The molecule has 0 saturated heterocycles. The Morgan fingerprint density at radius 1 is 1.53 bits per heavy atom. The van der Waals surface area contributed by atoms with Crippen molar-refractivity contribution in [2.75, 3.05) is 0 Å². The Morgan fingerprint density at radius 2 is 2.37 bits per heavy atom. The average Bonchev–Trinajstić information content (AvgIpc) is 2.84. The molecule has 5 heteroatoms. The van der Waals surface area contributed by atoms with Gasteiger partial charge >= 0.3 is 0 Å². The number of hydrogen-bond donors (Lipinski definition) is 0. The van der Waals surface area contributed by atoms with Gasteiger partial charge in [-0.05, 0) is 40.5 Å². The minimum absolute atomic E-state index is 0.0780. The predicted octanol–water partition coefficient (Wildman–Crippen LogP) is 3.71. The van der Waals surface area contributed by atoms with Crippen LogP contribution in [-0.4, -0.2) is 10.8 Å². The smallest absolute Gasteiger partial charge is 0.156 e. The lowest BCUT2D eigenvalue weighted by Gasteiger charge is -2.06. The topological polar surface area (TPSA) is 53.8 Å². The second-order valence-electron chi connectivity index (χ2n) is 4.01. The van der Waals surface area contributed by atoms with Crippen molar-refractivity contribution in [1.29, 1.82) is 5.26 Å². The van der Waals surface area contributed by atoms with Crippen LogP contribution in [0.3, 0.4) is 0 Å². The van der Waals surface area contributed by atoms with Crippen molar-refractivity contribution in [1.82, 2.24) is 4.98 Å². The van der Waals surface area contributed by atoms with Crippen LogP contribution in [-0.2, 0) is 11.2 Å². The van der Waals surface area contributed by atoms with E-state index in [1.807, 2.05) is 17.5 Å². The summed E-state index contributed by atoms with van der Waals surface area (Å²) >= 11 is 4.99. The van der Waals surface area contributed by atoms with E-state index in [0.717, 1.165) is 9.35 Å². The van der Waals surface area contributed by atoms with Crippen molar-refractivity contribution in [2.24, 2.45) is 0 Å². The van der Waals surface area contributed by atoms with Crippen molar-refractivity contribution >= 4 is 33.0 Å². The zero-order chi connectivity index (χ0) is 13.7. The Morgan fingerprint density at radius 3 is 2.95 bits per heavy atom.